The van der Waals surface area contributed by atoms with E-state index >= 15 is 0 Å². The lowest BCUT2D eigenvalue weighted by Crippen LogP contribution is -2.07. The number of benzene rings is 3. The maximum atomic E-state index is 11.6. The summed E-state index contributed by atoms with van der Waals surface area (Å²) in [6.07, 6.45) is 0. The molecule has 1 aromatic heterocycles. The number of carbonyl (C=O) groups is 1. The lowest BCUT2D eigenvalue weighted by molar-refractivity contribution is -0.130. The first-order valence-corrected chi connectivity index (χ1v) is 7.88. The number of hydrogen-bond acceptors (Lipinski definition) is 4. The van der Waals surface area contributed by atoms with Crippen LogP contribution in [0.5, 0.6) is 5.75 Å². The van der Waals surface area contributed by atoms with Gasteiger partial charge in [0.05, 0.1) is 0 Å². The fourth-order valence-electron chi connectivity index (χ4n) is 2.64. The summed E-state index contributed by atoms with van der Waals surface area (Å²) in [5, 5.41) is 2.18. The van der Waals surface area contributed by atoms with Gasteiger partial charge in [0.2, 0.25) is 5.89 Å². The standard InChI is InChI=1S/C21H15NO3/c1-13(2)21(23)24-16-10-7-15(8-11-16)20-22-19-17-6-4-3-5-14(17)9-12-18(19)25-20/h3-12H,1H2,2H3. The number of nitrogens with zero attached hydrogens (tertiary/aromatic N) is 1. The fraction of sp³-hybridized carbons (Fsp3) is 0.0476. The van der Waals surface area contributed by atoms with E-state index in [0.717, 1.165) is 27.4 Å². The van der Waals surface area contributed by atoms with Crippen LogP contribution >= 0.6 is 0 Å². The number of aromatic nitrogens is 1. The topological polar surface area (TPSA) is 52.3 Å². The number of ether oxygens (including phenoxy) is 1. The summed E-state index contributed by atoms with van der Waals surface area (Å²) in [6, 6.07) is 19.1. The predicted octanol–water partition coefficient (Wildman–Crippen LogP) is 5.13. The van der Waals surface area contributed by atoms with Gasteiger partial charge in [-0.15, -0.1) is 0 Å². The summed E-state index contributed by atoms with van der Waals surface area (Å²) < 4.78 is 11.1. The number of carbonyl (C=O) groups excluding carboxylic acids is 1. The Hall–Kier alpha value is -3.40. The van der Waals surface area contributed by atoms with Gasteiger partial charge in [-0.2, -0.15) is 0 Å². The second-order valence-corrected chi connectivity index (χ2v) is 5.85. The van der Waals surface area contributed by atoms with E-state index in [0.29, 0.717) is 17.2 Å². The van der Waals surface area contributed by atoms with Crippen molar-refractivity contribution in [1.29, 1.82) is 0 Å². The van der Waals surface area contributed by atoms with Gasteiger partial charge in [0.15, 0.2) is 5.58 Å². The molecule has 0 bridgehead atoms. The zero-order valence-electron chi connectivity index (χ0n) is 13.7. The average molecular weight is 329 g/mol. The van der Waals surface area contributed by atoms with E-state index < -0.39 is 5.97 Å². The van der Waals surface area contributed by atoms with Gasteiger partial charge in [0.1, 0.15) is 11.3 Å². The Morgan fingerprint density at radius 1 is 1.04 bits per heavy atom. The van der Waals surface area contributed by atoms with Crippen LogP contribution in [0.25, 0.3) is 33.3 Å². The minimum absolute atomic E-state index is 0.356. The maximum Gasteiger partial charge on any atom is 0.338 e. The molecule has 0 saturated carbocycles. The van der Waals surface area contributed by atoms with Crippen LogP contribution in [-0.2, 0) is 4.79 Å². The van der Waals surface area contributed by atoms with Crippen molar-refractivity contribution in [3.8, 4) is 17.2 Å². The van der Waals surface area contributed by atoms with Crippen molar-refractivity contribution < 1.29 is 13.9 Å². The highest BCUT2D eigenvalue weighted by molar-refractivity contribution is 6.03. The fourth-order valence-corrected chi connectivity index (χ4v) is 2.64. The summed E-state index contributed by atoms with van der Waals surface area (Å²) >= 11 is 0. The van der Waals surface area contributed by atoms with Gasteiger partial charge in [0.25, 0.3) is 0 Å². The molecule has 0 radical (unpaired) electrons. The maximum absolute atomic E-state index is 11.6. The van der Waals surface area contributed by atoms with E-state index in [1.807, 2.05) is 48.5 Å². The summed E-state index contributed by atoms with van der Waals surface area (Å²) in [7, 11) is 0. The molecule has 122 valence electrons. The Morgan fingerprint density at radius 3 is 2.56 bits per heavy atom. The van der Waals surface area contributed by atoms with Crippen LogP contribution in [-0.4, -0.2) is 11.0 Å². The molecular formula is C21H15NO3. The van der Waals surface area contributed by atoms with Crippen LogP contribution in [0.3, 0.4) is 0 Å². The van der Waals surface area contributed by atoms with Crippen molar-refractivity contribution in [3.63, 3.8) is 0 Å². The summed E-state index contributed by atoms with van der Waals surface area (Å²) in [4.78, 5) is 16.2. The van der Waals surface area contributed by atoms with Gasteiger partial charge >= 0.3 is 5.97 Å². The average Bonchev–Trinajstić information content (AvgIpc) is 3.07. The Bertz CT molecular complexity index is 1110. The van der Waals surface area contributed by atoms with E-state index in [2.05, 4.69) is 11.6 Å². The molecule has 0 atom stereocenters. The molecule has 25 heavy (non-hydrogen) atoms. The van der Waals surface area contributed by atoms with Crippen LogP contribution in [0.15, 0.2) is 77.2 Å². The number of oxazole rings is 1. The molecule has 0 unspecified atom stereocenters. The van der Waals surface area contributed by atoms with Crippen LogP contribution in [0.2, 0.25) is 0 Å². The number of esters is 1. The third-order valence-electron chi connectivity index (χ3n) is 3.94. The lowest BCUT2D eigenvalue weighted by atomic mass is 10.1. The number of hydrogen-bond donors (Lipinski definition) is 0. The highest BCUT2D eigenvalue weighted by Crippen LogP contribution is 2.30. The summed E-state index contributed by atoms with van der Waals surface area (Å²) in [5.41, 5.74) is 2.75. The van der Waals surface area contributed by atoms with Crippen molar-refractivity contribution >= 4 is 27.8 Å². The molecule has 3 aromatic carbocycles. The second kappa shape index (κ2) is 5.91. The molecule has 0 fully saturated rings. The van der Waals surface area contributed by atoms with Gasteiger partial charge in [-0.05, 0) is 42.6 Å². The van der Waals surface area contributed by atoms with Crippen LogP contribution < -0.4 is 4.74 Å². The Kier molecular flexibility index (Phi) is 3.58. The van der Waals surface area contributed by atoms with Crippen molar-refractivity contribution in [3.05, 3.63) is 72.8 Å². The van der Waals surface area contributed by atoms with Crippen LogP contribution in [0, 0.1) is 0 Å². The minimum Gasteiger partial charge on any atom is -0.436 e. The third kappa shape index (κ3) is 2.78. The molecule has 4 heteroatoms. The number of fused-ring (bicyclic) bond motifs is 3. The molecule has 0 saturated heterocycles. The van der Waals surface area contributed by atoms with Crippen LogP contribution in [0.4, 0.5) is 0 Å². The molecular weight excluding hydrogens is 314 g/mol. The first-order valence-electron chi connectivity index (χ1n) is 7.88. The zero-order chi connectivity index (χ0) is 17.4. The van der Waals surface area contributed by atoms with Gasteiger partial charge in [0, 0.05) is 16.5 Å². The number of rotatable bonds is 3. The molecule has 0 aliphatic carbocycles. The first-order chi connectivity index (χ1) is 12.1. The van der Waals surface area contributed by atoms with E-state index in [-0.39, 0.29) is 0 Å². The highest BCUT2D eigenvalue weighted by Gasteiger charge is 2.12. The smallest absolute Gasteiger partial charge is 0.338 e. The third-order valence-corrected chi connectivity index (χ3v) is 3.94. The molecule has 0 aliphatic heterocycles. The Labute approximate surface area is 144 Å². The molecule has 0 N–H and O–H groups in total. The van der Waals surface area contributed by atoms with E-state index in [4.69, 9.17) is 9.15 Å². The Morgan fingerprint density at radius 2 is 1.80 bits per heavy atom. The molecule has 4 aromatic rings. The van der Waals surface area contributed by atoms with Crippen molar-refractivity contribution in [2.24, 2.45) is 0 Å². The van der Waals surface area contributed by atoms with E-state index in [1.165, 1.54) is 0 Å². The minimum atomic E-state index is -0.443. The largest absolute Gasteiger partial charge is 0.436 e. The van der Waals surface area contributed by atoms with Gasteiger partial charge in [-0.25, -0.2) is 9.78 Å². The normalized spacial score (nSPS) is 10.9. The van der Waals surface area contributed by atoms with Gasteiger partial charge in [-0.3, -0.25) is 0 Å². The van der Waals surface area contributed by atoms with E-state index in [1.54, 1.807) is 19.1 Å². The summed E-state index contributed by atoms with van der Waals surface area (Å²) in [5.74, 6) is 0.545. The Balaban J connectivity index is 1.71. The van der Waals surface area contributed by atoms with Crippen molar-refractivity contribution in [2.75, 3.05) is 0 Å². The SMILES string of the molecule is C=C(C)C(=O)Oc1ccc(-c2nc3c(ccc4ccccc43)o2)cc1. The van der Waals surface area contributed by atoms with Crippen molar-refractivity contribution in [1.82, 2.24) is 4.98 Å². The predicted molar refractivity (Wildman–Crippen MR) is 97.4 cm³/mol. The highest BCUT2D eigenvalue weighted by atomic mass is 16.5. The molecule has 1 heterocycles. The molecule has 0 spiro atoms. The monoisotopic (exact) mass is 329 g/mol. The molecule has 0 amide bonds. The first kappa shape index (κ1) is 15.1. The zero-order valence-corrected chi connectivity index (χ0v) is 13.7. The second-order valence-electron chi connectivity index (χ2n) is 5.85. The van der Waals surface area contributed by atoms with Crippen LogP contribution in [0.1, 0.15) is 6.92 Å². The van der Waals surface area contributed by atoms with Gasteiger partial charge < -0.3 is 9.15 Å². The lowest BCUT2D eigenvalue weighted by Gasteiger charge is -2.03. The molecule has 0 aliphatic rings. The van der Waals surface area contributed by atoms with Crippen molar-refractivity contribution in [2.45, 2.75) is 6.92 Å². The van der Waals surface area contributed by atoms with E-state index in [9.17, 15) is 4.79 Å². The summed E-state index contributed by atoms with van der Waals surface area (Å²) in [6.45, 7) is 5.18. The quantitative estimate of drug-likeness (QED) is 0.297. The molecule has 4 nitrogen and oxygen atoms in total. The molecule has 4 rings (SSSR count). The van der Waals surface area contributed by atoms with Gasteiger partial charge in [-0.1, -0.05) is 36.9 Å².